The molecule has 0 N–H and O–H groups in total. The number of hydrogen-bond acceptors (Lipinski definition) is 2. The van der Waals surface area contributed by atoms with Crippen molar-refractivity contribution in [2.75, 3.05) is 12.5 Å². The van der Waals surface area contributed by atoms with Crippen LogP contribution >= 0.6 is 23.5 Å². The molecular formula is C10H14S2. The molecule has 66 valence electrons. The Labute approximate surface area is 83.1 Å². The van der Waals surface area contributed by atoms with Crippen molar-refractivity contribution in [1.82, 2.24) is 0 Å². The summed E-state index contributed by atoms with van der Waals surface area (Å²) in [7, 11) is 0. The molecule has 1 aromatic rings. The summed E-state index contributed by atoms with van der Waals surface area (Å²) in [6.07, 6.45) is 5.38. The van der Waals surface area contributed by atoms with Gasteiger partial charge in [-0.1, -0.05) is 6.92 Å². The van der Waals surface area contributed by atoms with Crippen LogP contribution in [-0.4, -0.2) is 12.5 Å². The van der Waals surface area contributed by atoms with Gasteiger partial charge in [0.05, 0.1) is 0 Å². The second-order valence-corrected chi connectivity index (χ2v) is 4.26. The molecule has 0 aliphatic heterocycles. The van der Waals surface area contributed by atoms with E-state index in [1.807, 2.05) is 23.5 Å². The lowest BCUT2D eigenvalue weighted by Gasteiger charge is -2.06. The molecule has 1 rings (SSSR count). The third-order valence-electron chi connectivity index (χ3n) is 1.87. The van der Waals surface area contributed by atoms with Gasteiger partial charge in [0.15, 0.2) is 0 Å². The van der Waals surface area contributed by atoms with E-state index in [1.165, 1.54) is 15.4 Å². The highest BCUT2D eigenvalue weighted by molar-refractivity contribution is 7.99. The van der Waals surface area contributed by atoms with E-state index in [1.54, 1.807) is 0 Å². The van der Waals surface area contributed by atoms with Crippen molar-refractivity contribution in [3.63, 3.8) is 0 Å². The Balaban J connectivity index is 3.02. The third-order valence-corrected chi connectivity index (χ3v) is 3.43. The van der Waals surface area contributed by atoms with Gasteiger partial charge >= 0.3 is 0 Å². The van der Waals surface area contributed by atoms with Gasteiger partial charge in [0.1, 0.15) is 0 Å². The molecule has 0 aliphatic carbocycles. The van der Waals surface area contributed by atoms with Gasteiger partial charge in [-0.2, -0.15) is 0 Å². The molecular weight excluding hydrogens is 184 g/mol. The van der Waals surface area contributed by atoms with Crippen molar-refractivity contribution in [2.24, 2.45) is 0 Å². The molecule has 0 aliphatic rings. The van der Waals surface area contributed by atoms with Crippen molar-refractivity contribution in [1.29, 1.82) is 0 Å². The number of aryl methyl sites for hydroxylation is 1. The summed E-state index contributed by atoms with van der Waals surface area (Å²) < 4.78 is 0. The molecule has 0 saturated heterocycles. The first-order valence-corrected chi connectivity index (χ1v) is 6.47. The minimum atomic E-state index is 1.13. The van der Waals surface area contributed by atoms with Gasteiger partial charge in [-0.3, -0.25) is 0 Å². The zero-order valence-electron chi connectivity index (χ0n) is 7.76. The highest BCUT2D eigenvalue weighted by Crippen LogP contribution is 2.25. The molecule has 0 unspecified atom stereocenters. The second kappa shape index (κ2) is 4.83. The van der Waals surface area contributed by atoms with Crippen LogP contribution in [-0.2, 0) is 6.42 Å². The predicted octanol–water partition coefficient (Wildman–Crippen LogP) is 3.69. The highest BCUT2D eigenvalue weighted by atomic mass is 32.2. The van der Waals surface area contributed by atoms with Gasteiger partial charge in [-0.25, -0.2) is 0 Å². The van der Waals surface area contributed by atoms with Crippen LogP contribution < -0.4 is 0 Å². The summed E-state index contributed by atoms with van der Waals surface area (Å²) in [4.78, 5) is 2.78. The molecule has 0 heterocycles. The van der Waals surface area contributed by atoms with Crippen LogP contribution in [0.4, 0.5) is 0 Å². The van der Waals surface area contributed by atoms with E-state index in [0.717, 1.165) is 6.42 Å². The fourth-order valence-corrected chi connectivity index (χ4v) is 2.29. The summed E-state index contributed by atoms with van der Waals surface area (Å²) in [5.74, 6) is 0. The van der Waals surface area contributed by atoms with Crippen LogP contribution in [0.1, 0.15) is 12.5 Å². The van der Waals surface area contributed by atoms with Gasteiger partial charge < -0.3 is 0 Å². The quantitative estimate of drug-likeness (QED) is 0.679. The molecule has 0 radical (unpaired) electrons. The van der Waals surface area contributed by atoms with E-state index < -0.39 is 0 Å². The van der Waals surface area contributed by atoms with E-state index in [4.69, 9.17) is 0 Å². The number of hydrogen-bond donors (Lipinski definition) is 0. The van der Waals surface area contributed by atoms with Crippen LogP contribution in [0.3, 0.4) is 0 Å². The van der Waals surface area contributed by atoms with Crippen LogP contribution in [0.25, 0.3) is 0 Å². The molecule has 0 bridgehead atoms. The Morgan fingerprint density at radius 1 is 1.17 bits per heavy atom. The lowest BCUT2D eigenvalue weighted by Crippen LogP contribution is -1.84. The fraction of sp³-hybridized carbons (Fsp3) is 0.400. The molecule has 0 fully saturated rings. The Morgan fingerprint density at radius 2 is 1.92 bits per heavy atom. The molecule has 0 spiro atoms. The second-order valence-electron chi connectivity index (χ2n) is 2.53. The zero-order chi connectivity index (χ0) is 8.97. The van der Waals surface area contributed by atoms with Crippen molar-refractivity contribution >= 4 is 23.5 Å². The monoisotopic (exact) mass is 198 g/mol. The van der Waals surface area contributed by atoms with Crippen LogP contribution in [0.15, 0.2) is 28.0 Å². The van der Waals surface area contributed by atoms with Gasteiger partial charge in [0.25, 0.3) is 0 Å². The third kappa shape index (κ3) is 2.20. The summed E-state index contributed by atoms with van der Waals surface area (Å²) in [5, 5.41) is 0. The molecule has 0 atom stereocenters. The van der Waals surface area contributed by atoms with Crippen LogP contribution in [0.2, 0.25) is 0 Å². The maximum Gasteiger partial charge on any atom is 0.0102 e. The predicted molar refractivity (Wildman–Crippen MR) is 59.4 cm³/mol. The minimum Gasteiger partial charge on any atom is -0.130 e. The minimum absolute atomic E-state index is 1.13. The number of benzene rings is 1. The Hall–Kier alpha value is -0.0800. The van der Waals surface area contributed by atoms with E-state index in [2.05, 4.69) is 37.6 Å². The van der Waals surface area contributed by atoms with Gasteiger partial charge in [-0.15, -0.1) is 23.5 Å². The normalized spacial score (nSPS) is 10.2. The molecule has 12 heavy (non-hydrogen) atoms. The van der Waals surface area contributed by atoms with Crippen LogP contribution in [0, 0.1) is 0 Å². The lowest BCUT2D eigenvalue weighted by molar-refractivity contribution is 1.06. The maximum atomic E-state index is 2.29. The molecule has 0 nitrogen and oxygen atoms in total. The van der Waals surface area contributed by atoms with Crippen molar-refractivity contribution in [2.45, 2.75) is 23.1 Å². The summed E-state index contributed by atoms with van der Waals surface area (Å²) in [6.45, 7) is 2.21. The van der Waals surface area contributed by atoms with E-state index in [-0.39, 0.29) is 0 Å². The molecule has 0 aromatic heterocycles. The van der Waals surface area contributed by atoms with E-state index in [9.17, 15) is 0 Å². The molecule has 0 amide bonds. The summed E-state index contributed by atoms with van der Waals surface area (Å²) in [5.41, 5.74) is 1.47. The first kappa shape index (κ1) is 10.0. The van der Waals surface area contributed by atoms with Crippen LogP contribution in [0.5, 0.6) is 0 Å². The molecule has 1 aromatic carbocycles. The molecule has 2 heteroatoms. The Morgan fingerprint density at radius 3 is 2.42 bits per heavy atom. The Bertz CT molecular complexity index is 256. The fourth-order valence-electron chi connectivity index (χ4n) is 1.16. The smallest absolute Gasteiger partial charge is 0.0102 e. The van der Waals surface area contributed by atoms with E-state index >= 15 is 0 Å². The summed E-state index contributed by atoms with van der Waals surface area (Å²) >= 11 is 3.64. The van der Waals surface area contributed by atoms with E-state index in [0.29, 0.717) is 0 Å². The Kier molecular flexibility index (Phi) is 4.02. The SMILES string of the molecule is CCc1cc(SC)ccc1SC. The zero-order valence-corrected chi connectivity index (χ0v) is 9.39. The average molecular weight is 198 g/mol. The highest BCUT2D eigenvalue weighted by Gasteiger charge is 1.99. The lowest BCUT2D eigenvalue weighted by atomic mass is 10.2. The average Bonchev–Trinajstić information content (AvgIpc) is 2.16. The first-order valence-electron chi connectivity index (χ1n) is 4.02. The van der Waals surface area contributed by atoms with Crippen molar-refractivity contribution < 1.29 is 0 Å². The first-order chi connectivity index (χ1) is 5.81. The van der Waals surface area contributed by atoms with Gasteiger partial charge in [-0.05, 0) is 42.7 Å². The van der Waals surface area contributed by atoms with Crippen molar-refractivity contribution in [3.8, 4) is 0 Å². The summed E-state index contributed by atoms with van der Waals surface area (Å²) in [6, 6.07) is 6.70. The van der Waals surface area contributed by atoms with Gasteiger partial charge in [0.2, 0.25) is 0 Å². The molecule has 0 saturated carbocycles. The maximum absolute atomic E-state index is 2.29. The topological polar surface area (TPSA) is 0 Å². The van der Waals surface area contributed by atoms with Crippen molar-refractivity contribution in [3.05, 3.63) is 23.8 Å². The number of thioether (sulfide) groups is 2. The standard InChI is InChI=1S/C10H14S2/c1-4-8-7-9(11-2)5-6-10(8)12-3/h5-7H,4H2,1-3H3. The number of rotatable bonds is 3. The largest absolute Gasteiger partial charge is 0.130 e. The van der Waals surface area contributed by atoms with Gasteiger partial charge in [0, 0.05) is 9.79 Å².